The van der Waals surface area contributed by atoms with E-state index in [1.165, 1.54) is 97.8 Å². The van der Waals surface area contributed by atoms with Crippen molar-refractivity contribution in [1.82, 2.24) is 4.90 Å². The van der Waals surface area contributed by atoms with Crippen molar-refractivity contribution in [1.29, 1.82) is 0 Å². The zero-order valence-corrected chi connectivity index (χ0v) is 29.4. The first kappa shape index (κ1) is 33.7. The molecule has 0 saturated heterocycles. The van der Waals surface area contributed by atoms with Gasteiger partial charge in [0.05, 0.1) is 5.69 Å². The third-order valence-corrected chi connectivity index (χ3v) is 10.3. The standard InChI is InChI=1S/C39H62BN3/c1-27(2)33-23-17-24-34(28(3)4)37(33)41-39(42(9)10)43(38-35(29(5)6)25-18-26-36(38)30(7)8)40(31-19-13-11-14-20-31)32-21-15-12-16-22-32/h17-18,23-32H,11-16,19-22H2,1-10H3. The molecule has 2 fully saturated rings. The zero-order chi connectivity index (χ0) is 31.3. The van der Waals surface area contributed by atoms with Crippen LogP contribution < -0.4 is 4.81 Å². The second-order valence-corrected chi connectivity index (χ2v) is 15.2. The molecule has 0 radical (unpaired) electrons. The quantitative estimate of drug-likeness (QED) is 0.166. The number of hydrogen-bond acceptors (Lipinski definition) is 1. The number of benzene rings is 2. The van der Waals surface area contributed by atoms with Gasteiger partial charge in [-0.3, -0.25) is 0 Å². The number of para-hydroxylation sites is 2. The van der Waals surface area contributed by atoms with Crippen LogP contribution >= 0.6 is 0 Å². The van der Waals surface area contributed by atoms with E-state index in [9.17, 15) is 0 Å². The molecule has 2 aromatic carbocycles. The molecule has 0 aromatic heterocycles. The van der Waals surface area contributed by atoms with Crippen molar-refractivity contribution < 1.29 is 0 Å². The van der Waals surface area contributed by atoms with Gasteiger partial charge in [-0.25, -0.2) is 4.99 Å². The van der Waals surface area contributed by atoms with Crippen molar-refractivity contribution in [3.63, 3.8) is 0 Å². The Hall–Kier alpha value is -2.23. The highest BCUT2D eigenvalue weighted by Gasteiger charge is 2.44. The Morgan fingerprint density at radius 1 is 0.605 bits per heavy atom. The van der Waals surface area contributed by atoms with Gasteiger partial charge in [0, 0.05) is 19.8 Å². The molecule has 0 amide bonds. The van der Waals surface area contributed by atoms with E-state index in [1.54, 1.807) is 0 Å². The molecule has 2 saturated carbocycles. The smallest absolute Gasteiger partial charge is 0.270 e. The van der Waals surface area contributed by atoms with Gasteiger partial charge in [0.25, 0.3) is 6.85 Å². The highest BCUT2D eigenvalue weighted by Crippen LogP contribution is 2.47. The van der Waals surface area contributed by atoms with Crippen molar-refractivity contribution in [3.8, 4) is 0 Å². The Balaban J connectivity index is 2.10. The normalized spacial score (nSPS) is 17.4. The maximum absolute atomic E-state index is 5.86. The molecule has 0 N–H and O–H groups in total. The summed E-state index contributed by atoms with van der Waals surface area (Å²) in [5.41, 5.74) is 8.31. The second-order valence-electron chi connectivity index (χ2n) is 15.2. The van der Waals surface area contributed by atoms with E-state index in [1.807, 2.05) is 0 Å². The Morgan fingerprint density at radius 3 is 1.33 bits per heavy atom. The SMILES string of the molecule is CC(C)c1cccc(C(C)C)c1N=C(N(C)C)N(B(C1CCCCC1)C1CCCCC1)c1c(C(C)C)cccc1C(C)C. The van der Waals surface area contributed by atoms with Crippen molar-refractivity contribution >= 4 is 24.2 Å². The summed E-state index contributed by atoms with van der Waals surface area (Å²) < 4.78 is 0. The van der Waals surface area contributed by atoms with Crippen LogP contribution in [-0.2, 0) is 0 Å². The van der Waals surface area contributed by atoms with Gasteiger partial charge in [-0.15, -0.1) is 0 Å². The molecular weight excluding hydrogens is 521 g/mol. The molecule has 0 aliphatic heterocycles. The lowest BCUT2D eigenvalue weighted by atomic mass is 9.37. The summed E-state index contributed by atoms with van der Waals surface area (Å²) in [6.45, 7) is 19.3. The van der Waals surface area contributed by atoms with Gasteiger partial charge in [0.2, 0.25) is 0 Å². The van der Waals surface area contributed by atoms with Gasteiger partial charge in [-0.05, 0) is 57.6 Å². The molecule has 4 rings (SSSR count). The van der Waals surface area contributed by atoms with E-state index < -0.39 is 0 Å². The summed E-state index contributed by atoms with van der Waals surface area (Å²) in [4.78, 5) is 11.1. The molecule has 2 aromatic rings. The van der Waals surface area contributed by atoms with Gasteiger partial charge in [0.15, 0.2) is 5.96 Å². The van der Waals surface area contributed by atoms with E-state index in [4.69, 9.17) is 4.99 Å². The van der Waals surface area contributed by atoms with Gasteiger partial charge in [-0.1, -0.05) is 156 Å². The number of aliphatic imine (C=N–C) groups is 1. The average Bonchev–Trinajstić information content (AvgIpc) is 2.98. The fourth-order valence-electron chi connectivity index (χ4n) is 8.04. The van der Waals surface area contributed by atoms with Crippen LogP contribution in [0.5, 0.6) is 0 Å². The first-order valence-electron chi connectivity index (χ1n) is 17.8. The maximum Gasteiger partial charge on any atom is 0.270 e. The average molecular weight is 584 g/mol. The summed E-state index contributed by atoms with van der Waals surface area (Å²) in [5.74, 6) is 4.23. The molecule has 4 heteroatoms. The van der Waals surface area contributed by atoms with Gasteiger partial charge in [-0.2, -0.15) is 0 Å². The van der Waals surface area contributed by atoms with Crippen LogP contribution in [0.3, 0.4) is 0 Å². The molecule has 236 valence electrons. The van der Waals surface area contributed by atoms with Gasteiger partial charge < -0.3 is 9.71 Å². The molecule has 0 atom stereocenters. The van der Waals surface area contributed by atoms with E-state index in [0.717, 1.165) is 5.96 Å². The van der Waals surface area contributed by atoms with Crippen LogP contribution in [0.15, 0.2) is 41.4 Å². The summed E-state index contributed by atoms with van der Waals surface area (Å²) in [5, 5.41) is 0. The van der Waals surface area contributed by atoms with Crippen molar-refractivity contribution in [3.05, 3.63) is 58.7 Å². The van der Waals surface area contributed by atoms with Gasteiger partial charge >= 0.3 is 0 Å². The van der Waals surface area contributed by atoms with Crippen molar-refractivity contribution in [2.75, 3.05) is 18.9 Å². The number of anilines is 1. The minimum absolute atomic E-state index is 0.413. The monoisotopic (exact) mass is 584 g/mol. The van der Waals surface area contributed by atoms with E-state index in [0.29, 0.717) is 42.2 Å². The summed E-state index contributed by atoms with van der Waals surface area (Å²) >= 11 is 0. The van der Waals surface area contributed by atoms with E-state index >= 15 is 0 Å². The highest BCUT2D eigenvalue weighted by molar-refractivity contribution is 6.71. The molecule has 2 aliphatic carbocycles. The zero-order valence-electron chi connectivity index (χ0n) is 29.4. The Kier molecular flexibility index (Phi) is 11.9. The molecule has 2 aliphatic rings. The van der Waals surface area contributed by atoms with Gasteiger partial charge in [0.1, 0.15) is 0 Å². The number of guanidine groups is 1. The number of nitrogens with zero attached hydrogens (tertiary/aromatic N) is 3. The van der Waals surface area contributed by atoms with Crippen LogP contribution in [0.1, 0.15) is 166 Å². The Bertz CT molecular complexity index is 1130. The second kappa shape index (κ2) is 15.2. The number of rotatable bonds is 9. The Labute approximate surface area is 266 Å². The number of hydrogen-bond donors (Lipinski definition) is 0. The van der Waals surface area contributed by atoms with E-state index in [2.05, 4.69) is 116 Å². The highest BCUT2D eigenvalue weighted by atomic mass is 15.3. The van der Waals surface area contributed by atoms with Crippen LogP contribution in [-0.4, -0.2) is 31.8 Å². The van der Waals surface area contributed by atoms with Crippen LogP contribution in [0.2, 0.25) is 11.6 Å². The Morgan fingerprint density at radius 2 is 0.977 bits per heavy atom. The molecule has 0 bridgehead atoms. The third kappa shape index (κ3) is 7.71. The lowest BCUT2D eigenvalue weighted by Crippen LogP contribution is -2.55. The third-order valence-electron chi connectivity index (χ3n) is 10.3. The molecule has 0 spiro atoms. The molecule has 3 nitrogen and oxygen atoms in total. The molecular formula is C39H62BN3. The topological polar surface area (TPSA) is 18.8 Å². The first-order chi connectivity index (χ1) is 20.5. The first-order valence-corrected chi connectivity index (χ1v) is 17.8. The lowest BCUT2D eigenvalue weighted by molar-refractivity contribution is 0.459. The molecule has 43 heavy (non-hydrogen) atoms. The lowest BCUT2D eigenvalue weighted by Gasteiger charge is -2.46. The maximum atomic E-state index is 5.86. The van der Waals surface area contributed by atoms with Crippen LogP contribution in [0, 0.1) is 0 Å². The van der Waals surface area contributed by atoms with Crippen LogP contribution in [0.4, 0.5) is 11.4 Å². The summed E-state index contributed by atoms with van der Waals surface area (Å²) in [6.07, 6.45) is 13.6. The fraction of sp³-hybridized carbons (Fsp3) is 0.667. The predicted octanol–water partition coefficient (Wildman–Crippen LogP) is 11.9. The molecule has 0 unspecified atom stereocenters. The van der Waals surface area contributed by atoms with E-state index in [-0.39, 0.29) is 0 Å². The van der Waals surface area contributed by atoms with Crippen molar-refractivity contribution in [2.24, 2.45) is 4.99 Å². The predicted molar refractivity (Wildman–Crippen MR) is 192 cm³/mol. The summed E-state index contributed by atoms with van der Waals surface area (Å²) in [7, 11) is 4.48. The minimum atomic E-state index is 0.413. The van der Waals surface area contributed by atoms with Crippen LogP contribution in [0.25, 0.3) is 0 Å². The molecule has 0 heterocycles. The van der Waals surface area contributed by atoms with Crippen molar-refractivity contribution in [2.45, 2.75) is 155 Å². The summed E-state index contributed by atoms with van der Waals surface area (Å²) in [6, 6.07) is 14.0. The minimum Gasteiger partial charge on any atom is -0.357 e. The largest absolute Gasteiger partial charge is 0.357 e. The fourth-order valence-corrected chi connectivity index (χ4v) is 8.04.